The monoisotopic (exact) mass is 323 g/mol. The molecule has 0 aliphatic carbocycles. The summed E-state index contributed by atoms with van der Waals surface area (Å²) in [5, 5.41) is 0. The number of imidazole rings is 1. The third-order valence-electron chi connectivity index (χ3n) is 4.34. The minimum atomic E-state index is -0.692. The van der Waals surface area contributed by atoms with E-state index in [1.165, 1.54) is 6.33 Å². The van der Waals surface area contributed by atoms with Gasteiger partial charge in [0.1, 0.15) is 17.8 Å². The summed E-state index contributed by atoms with van der Waals surface area (Å²) in [6.45, 7) is 0.713. The molecule has 2 aliphatic rings. The lowest BCUT2D eigenvalue weighted by Crippen LogP contribution is -2.45. The number of nitrogens with two attached hydrogens (primary N) is 1. The van der Waals surface area contributed by atoms with Crippen LogP contribution in [0.25, 0.3) is 11.2 Å². The second-order valence-corrected chi connectivity index (χ2v) is 5.71. The Balaban J connectivity index is 1.79. The van der Waals surface area contributed by atoms with Crippen LogP contribution in [0.5, 0.6) is 0 Å². The predicted octanol–water partition coefficient (Wildman–Crippen LogP) is -0.970. The van der Waals surface area contributed by atoms with Crippen LogP contribution in [-0.4, -0.2) is 64.8 Å². The van der Waals surface area contributed by atoms with Gasteiger partial charge < -0.3 is 24.7 Å². The second kappa shape index (κ2) is 4.99. The fraction of sp³-hybridized carbons (Fsp3) is 0.615. The van der Waals surface area contributed by atoms with Crippen molar-refractivity contribution >= 4 is 17.1 Å². The summed E-state index contributed by atoms with van der Waals surface area (Å²) in [4.78, 5) is 22.6. The number of anilines is 1. The maximum absolute atomic E-state index is 11.9. The zero-order valence-corrected chi connectivity index (χ0v) is 12.7. The van der Waals surface area contributed by atoms with Crippen molar-refractivity contribution < 1.29 is 18.9 Å². The molecule has 4 rings (SSSR count). The molecule has 10 nitrogen and oxygen atoms in total. The fourth-order valence-corrected chi connectivity index (χ4v) is 3.44. The highest BCUT2D eigenvalue weighted by Gasteiger charge is 2.63. The highest BCUT2D eigenvalue weighted by atomic mass is 16.7. The van der Waals surface area contributed by atoms with Crippen LogP contribution < -0.4 is 11.3 Å². The first-order valence-electron chi connectivity index (χ1n) is 7.13. The number of nitrogens with zero attached hydrogens (tertiary/aromatic N) is 3. The van der Waals surface area contributed by atoms with Crippen molar-refractivity contribution in [2.45, 2.75) is 24.0 Å². The van der Waals surface area contributed by atoms with Crippen molar-refractivity contribution in [2.24, 2.45) is 0 Å². The number of aromatic nitrogens is 4. The summed E-state index contributed by atoms with van der Waals surface area (Å²) in [6, 6.07) is 0. The zero-order valence-electron chi connectivity index (χ0n) is 12.7. The normalized spacial score (nSPS) is 32.9. The molecule has 2 unspecified atom stereocenters. The lowest BCUT2D eigenvalue weighted by Gasteiger charge is -2.30. The van der Waals surface area contributed by atoms with Gasteiger partial charge in [-0.25, -0.2) is 4.98 Å². The number of nitrogen functional groups attached to an aromatic ring is 1. The molecule has 2 bridgehead atoms. The van der Waals surface area contributed by atoms with E-state index in [4.69, 9.17) is 24.7 Å². The molecular weight excluding hydrogens is 306 g/mol. The number of hydrogen-bond donors (Lipinski definition) is 2. The lowest BCUT2D eigenvalue weighted by atomic mass is 10.0. The van der Waals surface area contributed by atoms with Crippen molar-refractivity contribution in [3.8, 4) is 0 Å². The average Bonchev–Trinajstić information content (AvgIpc) is 3.15. The summed E-state index contributed by atoms with van der Waals surface area (Å²) < 4.78 is 24.5. The second-order valence-electron chi connectivity index (χ2n) is 5.71. The van der Waals surface area contributed by atoms with Gasteiger partial charge in [-0.05, 0) is 0 Å². The Kier molecular flexibility index (Phi) is 3.17. The van der Waals surface area contributed by atoms with Gasteiger partial charge in [0.25, 0.3) is 5.56 Å². The van der Waals surface area contributed by atoms with E-state index >= 15 is 0 Å². The number of H-pyrrole nitrogens is 1. The predicted molar refractivity (Wildman–Crippen MR) is 77.8 cm³/mol. The van der Waals surface area contributed by atoms with E-state index in [1.54, 1.807) is 18.8 Å². The molecule has 2 saturated heterocycles. The Morgan fingerprint density at radius 2 is 2.39 bits per heavy atom. The van der Waals surface area contributed by atoms with E-state index in [0.29, 0.717) is 18.9 Å². The zero-order chi connectivity index (χ0) is 16.2. The van der Waals surface area contributed by atoms with Crippen LogP contribution in [0.4, 0.5) is 5.95 Å². The van der Waals surface area contributed by atoms with E-state index in [2.05, 4.69) is 15.0 Å². The van der Waals surface area contributed by atoms with Crippen LogP contribution in [0.1, 0.15) is 6.23 Å². The molecule has 2 aromatic heterocycles. The van der Waals surface area contributed by atoms with Crippen molar-refractivity contribution in [1.82, 2.24) is 19.5 Å². The Morgan fingerprint density at radius 1 is 1.57 bits per heavy atom. The summed E-state index contributed by atoms with van der Waals surface area (Å²) in [7, 11) is 3.20. The van der Waals surface area contributed by atoms with Gasteiger partial charge >= 0.3 is 0 Å². The van der Waals surface area contributed by atoms with E-state index in [-0.39, 0.29) is 23.7 Å². The highest BCUT2D eigenvalue weighted by molar-refractivity contribution is 5.70. The molecule has 2 aromatic rings. The number of nitrogens with one attached hydrogen (secondary N) is 1. The number of hydrogen-bond acceptors (Lipinski definition) is 8. The fourth-order valence-electron chi connectivity index (χ4n) is 3.44. The van der Waals surface area contributed by atoms with Crippen molar-refractivity contribution in [1.29, 1.82) is 0 Å². The minimum Gasteiger partial charge on any atom is -0.381 e. The molecule has 3 N–H and O–H groups in total. The van der Waals surface area contributed by atoms with Crippen LogP contribution in [0.15, 0.2) is 11.1 Å². The van der Waals surface area contributed by atoms with Gasteiger partial charge in [0.15, 0.2) is 17.4 Å². The third kappa shape index (κ3) is 1.92. The Hall–Kier alpha value is -2.01. The number of fused-ring (bicyclic) bond motifs is 3. The van der Waals surface area contributed by atoms with Crippen molar-refractivity contribution in [3.63, 3.8) is 0 Å². The summed E-state index contributed by atoms with van der Waals surface area (Å²) in [6.07, 6.45) is 0.329. The maximum Gasteiger partial charge on any atom is 0.280 e. The van der Waals surface area contributed by atoms with E-state index in [9.17, 15) is 4.79 Å². The molecule has 23 heavy (non-hydrogen) atoms. The maximum atomic E-state index is 11.9. The first kappa shape index (κ1) is 14.6. The molecule has 0 amide bonds. The van der Waals surface area contributed by atoms with Gasteiger partial charge in [0.2, 0.25) is 5.95 Å². The molecule has 4 heterocycles. The Morgan fingerprint density at radius 3 is 3.13 bits per heavy atom. The molecule has 124 valence electrons. The molecule has 0 aromatic carbocycles. The molecular formula is C13H17N5O5. The molecule has 4 atom stereocenters. The smallest absolute Gasteiger partial charge is 0.280 e. The molecule has 0 spiro atoms. The van der Waals surface area contributed by atoms with Gasteiger partial charge in [0, 0.05) is 14.2 Å². The van der Waals surface area contributed by atoms with Gasteiger partial charge in [-0.1, -0.05) is 0 Å². The van der Waals surface area contributed by atoms with Gasteiger partial charge in [-0.2, -0.15) is 4.98 Å². The molecule has 10 heteroatoms. The number of methoxy groups -OCH3 is 2. The minimum absolute atomic E-state index is 0.0169. The van der Waals surface area contributed by atoms with Crippen LogP contribution >= 0.6 is 0 Å². The topological polar surface area (TPSA) is 127 Å². The third-order valence-corrected chi connectivity index (χ3v) is 4.34. The van der Waals surface area contributed by atoms with Crippen LogP contribution in [-0.2, 0) is 18.9 Å². The standard InChI is InChI=1S/C13H17N5O5/c1-20-3-13-4-22-7(8(13)21-2)11(23-13)18-5-15-6-9(18)16-12(14)17-10(6)19/h5,7-8,11H,3-4H2,1-2H3,(H3,14,16,17,19)/t7?,8?,11-,13-/m1/s1. The SMILES string of the molecule is COC[C@@]12COC(C1OC)[C@H](n1cnc3c(=O)[nH]c(N)nc31)O2. The summed E-state index contributed by atoms with van der Waals surface area (Å²) in [5.41, 5.74) is 5.08. The number of rotatable bonds is 4. The van der Waals surface area contributed by atoms with E-state index < -0.39 is 17.4 Å². The van der Waals surface area contributed by atoms with E-state index in [1.807, 2.05) is 0 Å². The van der Waals surface area contributed by atoms with E-state index in [0.717, 1.165) is 0 Å². The number of ether oxygens (including phenoxy) is 4. The summed E-state index contributed by atoms with van der Waals surface area (Å²) in [5.74, 6) is 0.0169. The van der Waals surface area contributed by atoms with Crippen LogP contribution in [0.3, 0.4) is 0 Å². The lowest BCUT2D eigenvalue weighted by molar-refractivity contribution is -0.189. The Labute approximate surface area is 130 Å². The van der Waals surface area contributed by atoms with Gasteiger partial charge in [-0.15, -0.1) is 0 Å². The molecule has 0 radical (unpaired) electrons. The van der Waals surface area contributed by atoms with Gasteiger partial charge in [-0.3, -0.25) is 14.3 Å². The first-order valence-corrected chi connectivity index (χ1v) is 7.13. The highest BCUT2D eigenvalue weighted by Crippen LogP contribution is 2.46. The summed E-state index contributed by atoms with van der Waals surface area (Å²) >= 11 is 0. The van der Waals surface area contributed by atoms with Crippen molar-refractivity contribution in [3.05, 3.63) is 16.7 Å². The quantitative estimate of drug-likeness (QED) is 0.736. The van der Waals surface area contributed by atoms with Crippen LogP contribution in [0, 0.1) is 0 Å². The Bertz CT molecular complexity index is 804. The van der Waals surface area contributed by atoms with Gasteiger partial charge in [0.05, 0.1) is 19.5 Å². The number of aromatic amines is 1. The molecule has 2 aliphatic heterocycles. The molecule has 0 saturated carbocycles. The average molecular weight is 323 g/mol. The van der Waals surface area contributed by atoms with Crippen LogP contribution in [0.2, 0.25) is 0 Å². The largest absolute Gasteiger partial charge is 0.381 e. The first-order chi connectivity index (χ1) is 11.1. The van der Waals surface area contributed by atoms with Crippen molar-refractivity contribution in [2.75, 3.05) is 33.2 Å². The molecule has 2 fully saturated rings.